The van der Waals surface area contributed by atoms with Gasteiger partial charge in [-0.3, -0.25) is 0 Å². The number of hydrogen-bond acceptors (Lipinski definition) is 7. The van der Waals surface area contributed by atoms with Crippen molar-refractivity contribution in [1.29, 1.82) is 0 Å². The lowest BCUT2D eigenvalue weighted by Crippen LogP contribution is -2.03. The van der Waals surface area contributed by atoms with Gasteiger partial charge in [0, 0.05) is 18.4 Å². The van der Waals surface area contributed by atoms with Crippen molar-refractivity contribution < 1.29 is 0 Å². The van der Waals surface area contributed by atoms with Crippen LogP contribution in [0.3, 0.4) is 0 Å². The molecule has 5 rings (SSSR count). The fourth-order valence-corrected chi connectivity index (χ4v) is 3.75. The molecule has 0 atom stereocenters. The van der Waals surface area contributed by atoms with Crippen molar-refractivity contribution in [3.8, 4) is 11.5 Å². The summed E-state index contributed by atoms with van der Waals surface area (Å²) in [5, 5.41) is 3.33. The zero-order valence-corrected chi connectivity index (χ0v) is 15.6. The van der Waals surface area contributed by atoms with E-state index in [1.54, 1.807) is 18.5 Å². The standard InChI is InChI=1S/C20H20N8/c1-2-28-17(15-8-9-22-19(21)26-15)25-16-11-23-20(27-18(16)28)24-14-7-6-12-4-3-5-13(12)10-14/h6-11H,2-5H2,1H3,(H2,21,22,26)(H,23,24,27). The average molecular weight is 372 g/mol. The molecule has 1 aromatic carbocycles. The van der Waals surface area contributed by atoms with E-state index in [1.165, 1.54) is 24.0 Å². The summed E-state index contributed by atoms with van der Waals surface area (Å²) in [7, 11) is 0. The minimum Gasteiger partial charge on any atom is -0.368 e. The highest BCUT2D eigenvalue weighted by molar-refractivity contribution is 5.77. The quantitative estimate of drug-likeness (QED) is 0.567. The molecule has 0 aliphatic heterocycles. The summed E-state index contributed by atoms with van der Waals surface area (Å²) >= 11 is 0. The number of nitrogens with one attached hydrogen (secondary N) is 1. The highest BCUT2D eigenvalue weighted by Gasteiger charge is 2.16. The Hall–Kier alpha value is -3.55. The summed E-state index contributed by atoms with van der Waals surface area (Å²) in [6.45, 7) is 2.75. The molecule has 3 N–H and O–H groups in total. The Morgan fingerprint density at radius 3 is 2.82 bits per heavy atom. The Labute approximate surface area is 161 Å². The first-order valence-corrected chi connectivity index (χ1v) is 9.42. The predicted molar refractivity (Wildman–Crippen MR) is 108 cm³/mol. The number of hydrogen-bond donors (Lipinski definition) is 2. The van der Waals surface area contributed by atoms with Crippen LogP contribution in [-0.4, -0.2) is 29.5 Å². The maximum absolute atomic E-state index is 5.73. The molecule has 28 heavy (non-hydrogen) atoms. The molecule has 0 saturated carbocycles. The molecule has 140 valence electrons. The van der Waals surface area contributed by atoms with Crippen molar-refractivity contribution in [1.82, 2.24) is 29.5 Å². The van der Waals surface area contributed by atoms with Crippen molar-refractivity contribution in [2.75, 3.05) is 11.1 Å². The molecule has 3 aromatic heterocycles. The third-order valence-electron chi connectivity index (χ3n) is 5.06. The van der Waals surface area contributed by atoms with E-state index in [9.17, 15) is 0 Å². The van der Waals surface area contributed by atoms with E-state index in [4.69, 9.17) is 10.7 Å². The van der Waals surface area contributed by atoms with Crippen LogP contribution in [0.15, 0.2) is 36.7 Å². The number of anilines is 3. The van der Waals surface area contributed by atoms with Gasteiger partial charge in [-0.25, -0.2) is 19.9 Å². The zero-order chi connectivity index (χ0) is 19.1. The van der Waals surface area contributed by atoms with Crippen LogP contribution in [0.1, 0.15) is 24.5 Å². The van der Waals surface area contributed by atoms with Crippen LogP contribution in [-0.2, 0) is 19.4 Å². The van der Waals surface area contributed by atoms with E-state index in [0.29, 0.717) is 29.5 Å². The van der Waals surface area contributed by atoms with Gasteiger partial charge in [-0.15, -0.1) is 0 Å². The second kappa shape index (κ2) is 6.56. The van der Waals surface area contributed by atoms with Crippen LogP contribution >= 0.6 is 0 Å². The molecule has 8 heteroatoms. The Bertz CT molecular complexity index is 1180. The number of nitrogens with two attached hydrogens (primary N) is 1. The minimum absolute atomic E-state index is 0.220. The van der Waals surface area contributed by atoms with E-state index >= 15 is 0 Å². The maximum atomic E-state index is 5.73. The Morgan fingerprint density at radius 2 is 1.96 bits per heavy atom. The number of imidazole rings is 1. The first-order chi connectivity index (χ1) is 13.7. The van der Waals surface area contributed by atoms with Gasteiger partial charge in [-0.05, 0) is 55.5 Å². The molecule has 0 bridgehead atoms. The van der Waals surface area contributed by atoms with Gasteiger partial charge in [0.1, 0.15) is 11.2 Å². The topological polar surface area (TPSA) is 107 Å². The third-order valence-corrected chi connectivity index (χ3v) is 5.06. The minimum atomic E-state index is 0.220. The Balaban J connectivity index is 1.53. The largest absolute Gasteiger partial charge is 0.368 e. The van der Waals surface area contributed by atoms with Gasteiger partial charge in [0.15, 0.2) is 11.5 Å². The molecule has 0 fully saturated rings. The van der Waals surface area contributed by atoms with Gasteiger partial charge in [0.25, 0.3) is 0 Å². The summed E-state index contributed by atoms with van der Waals surface area (Å²) in [6, 6.07) is 8.27. The Morgan fingerprint density at radius 1 is 1.07 bits per heavy atom. The van der Waals surface area contributed by atoms with Gasteiger partial charge >= 0.3 is 0 Å². The predicted octanol–water partition coefficient (Wildman–Crippen LogP) is 3.12. The molecule has 0 saturated heterocycles. The smallest absolute Gasteiger partial charge is 0.229 e. The maximum Gasteiger partial charge on any atom is 0.229 e. The van der Waals surface area contributed by atoms with E-state index < -0.39 is 0 Å². The third kappa shape index (κ3) is 2.83. The van der Waals surface area contributed by atoms with Crippen molar-refractivity contribution in [3.63, 3.8) is 0 Å². The molecule has 1 aliphatic carbocycles. The number of benzene rings is 1. The van der Waals surface area contributed by atoms with Crippen LogP contribution in [0.4, 0.5) is 17.6 Å². The van der Waals surface area contributed by atoms with Crippen LogP contribution in [0.5, 0.6) is 0 Å². The van der Waals surface area contributed by atoms with Gasteiger partial charge < -0.3 is 15.6 Å². The molecule has 1 aliphatic rings. The van der Waals surface area contributed by atoms with Gasteiger partial charge in [0.2, 0.25) is 11.9 Å². The molecular weight excluding hydrogens is 352 g/mol. The Kier molecular flexibility index (Phi) is 3.89. The summed E-state index contributed by atoms with van der Waals surface area (Å²) in [6.07, 6.45) is 6.90. The van der Waals surface area contributed by atoms with E-state index in [-0.39, 0.29) is 5.95 Å². The molecule has 0 amide bonds. The van der Waals surface area contributed by atoms with E-state index in [1.807, 2.05) is 11.5 Å². The summed E-state index contributed by atoms with van der Waals surface area (Å²) in [4.78, 5) is 22.0. The summed E-state index contributed by atoms with van der Waals surface area (Å²) in [5.41, 5.74) is 11.7. The summed E-state index contributed by atoms with van der Waals surface area (Å²) < 4.78 is 2.01. The lowest BCUT2D eigenvalue weighted by Gasteiger charge is -2.08. The van der Waals surface area contributed by atoms with Crippen LogP contribution in [0, 0.1) is 0 Å². The van der Waals surface area contributed by atoms with Crippen LogP contribution < -0.4 is 11.1 Å². The van der Waals surface area contributed by atoms with Gasteiger partial charge in [-0.1, -0.05) is 6.07 Å². The number of aromatic nitrogens is 6. The number of aryl methyl sites for hydroxylation is 3. The second-order valence-corrected chi connectivity index (χ2v) is 6.84. The molecule has 0 spiro atoms. The highest BCUT2D eigenvalue weighted by Crippen LogP contribution is 2.27. The van der Waals surface area contributed by atoms with Crippen molar-refractivity contribution in [2.24, 2.45) is 0 Å². The number of nitrogens with zero attached hydrogens (tertiary/aromatic N) is 6. The first-order valence-electron chi connectivity index (χ1n) is 9.42. The number of nitrogen functional groups attached to an aromatic ring is 1. The first kappa shape index (κ1) is 16.6. The molecule has 4 aromatic rings. The normalized spacial score (nSPS) is 13.0. The lowest BCUT2D eigenvalue weighted by molar-refractivity contribution is 0.783. The molecule has 0 unspecified atom stereocenters. The van der Waals surface area contributed by atoms with E-state index in [2.05, 4.69) is 43.5 Å². The van der Waals surface area contributed by atoms with Crippen molar-refractivity contribution in [3.05, 3.63) is 47.8 Å². The van der Waals surface area contributed by atoms with Gasteiger partial charge in [0.05, 0.1) is 6.20 Å². The summed E-state index contributed by atoms with van der Waals surface area (Å²) in [5.74, 6) is 1.47. The number of fused-ring (bicyclic) bond motifs is 2. The highest BCUT2D eigenvalue weighted by atomic mass is 15.2. The van der Waals surface area contributed by atoms with Crippen LogP contribution in [0.2, 0.25) is 0 Å². The second-order valence-electron chi connectivity index (χ2n) is 6.84. The molecule has 3 heterocycles. The molecule has 0 radical (unpaired) electrons. The fourth-order valence-electron chi connectivity index (χ4n) is 3.75. The average Bonchev–Trinajstić information content (AvgIpc) is 3.31. The zero-order valence-electron chi connectivity index (χ0n) is 15.6. The fraction of sp³-hybridized carbons (Fsp3) is 0.250. The van der Waals surface area contributed by atoms with Crippen LogP contribution in [0.25, 0.3) is 22.7 Å². The molecule has 8 nitrogen and oxygen atoms in total. The van der Waals surface area contributed by atoms with E-state index in [0.717, 1.165) is 17.8 Å². The van der Waals surface area contributed by atoms with Crippen molar-refractivity contribution in [2.45, 2.75) is 32.7 Å². The number of rotatable bonds is 4. The SMILES string of the molecule is CCn1c(-c2ccnc(N)n2)nc2cnc(Nc3ccc4c(c3)CCC4)nc21. The monoisotopic (exact) mass is 372 g/mol. The molecular formula is C20H20N8. The van der Waals surface area contributed by atoms with Crippen molar-refractivity contribution >= 4 is 28.7 Å². The van der Waals surface area contributed by atoms with Gasteiger partial charge in [-0.2, -0.15) is 4.98 Å². The lowest BCUT2D eigenvalue weighted by atomic mass is 10.1.